The largest absolute Gasteiger partial charge is 0.455 e. The monoisotopic (exact) mass is 729 g/mol. The lowest BCUT2D eigenvalue weighted by atomic mass is 9.79. The number of epoxide rings is 1. The zero-order chi connectivity index (χ0) is 36.6. The molecule has 4 aliphatic rings. The first-order chi connectivity index (χ1) is 23.5. The minimum atomic E-state index is -2.49. The summed E-state index contributed by atoms with van der Waals surface area (Å²) in [5, 5.41) is 10.3. The van der Waals surface area contributed by atoms with Gasteiger partial charge in [-0.3, -0.25) is 0 Å². The van der Waals surface area contributed by atoms with Crippen molar-refractivity contribution < 1.29 is 37.6 Å². The van der Waals surface area contributed by atoms with E-state index in [2.05, 4.69) is 67.3 Å². The molecule has 5 rings (SSSR count). The Bertz CT molecular complexity index is 1330. The fourth-order valence-corrected chi connectivity index (χ4v) is 17.8. The second-order valence-corrected chi connectivity index (χ2v) is 28.2. The number of benzene rings is 1. The van der Waals surface area contributed by atoms with E-state index >= 15 is 0 Å². The van der Waals surface area contributed by atoms with Crippen LogP contribution in [-0.4, -0.2) is 95.7 Å². The molecule has 4 fully saturated rings. The van der Waals surface area contributed by atoms with Gasteiger partial charge in [-0.2, -0.15) is 5.26 Å². The van der Waals surface area contributed by atoms with E-state index in [1.807, 2.05) is 25.1 Å². The van der Waals surface area contributed by atoms with Crippen LogP contribution in [0.1, 0.15) is 97.3 Å². The molecule has 10 atom stereocenters. The molecule has 0 aliphatic carbocycles. The average molecular weight is 730 g/mol. The highest BCUT2D eigenvalue weighted by Gasteiger charge is 2.67. The second-order valence-electron chi connectivity index (χ2n) is 17.5. The Labute approximate surface area is 303 Å². The molecule has 0 bridgehead atoms. The maximum absolute atomic E-state index is 13.8. The molecule has 50 heavy (non-hydrogen) atoms. The molecule has 0 N–H and O–H groups in total. The maximum Gasteiger partial charge on any atom is 0.338 e. The van der Waals surface area contributed by atoms with Gasteiger partial charge >= 0.3 is 5.97 Å². The molecule has 4 aliphatic heterocycles. The summed E-state index contributed by atoms with van der Waals surface area (Å²) < 4.78 is 47.2. The third-order valence-electron chi connectivity index (χ3n) is 12.0. The van der Waals surface area contributed by atoms with E-state index in [1.54, 1.807) is 19.2 Å². The van der Waals surface area contributed by atoms with Gasteiger partial charge < -0.3 is 32.8 Å². The number of methoxy groups -OCH3 is 1. The van der Waals surface area contributed by atoms with Gasteiger partial charge in [-0.1, -0.05) is 79.4 Å². The summed E-state index contributed by atoms with van der Waals surface area (Å²) in [6.07, 6.45) is 1.30. The van der Waals surface area contributed by atoms with Crippen molar-refractivity contribution in [1.82, 2.24) is 0 Å². The Morgan fingerprint density at radius 2 is 1.56 bits per heavy atom. The summed E-state index contributed by atoms with van der Waals surface area (Å²) in [5.41, 5.74) is 0.0208. The number of nitrogens with zero attached hydrogens (tertiary/aromatic N) is 1. The molecule has 0 amide bonds. The van der Waals surface area contributed by atoms with Crippen LogP contribution in [0.15, 0.2) is 30.3 Å². The fourth-order valence-electron chi connectivity index (χ4n) is 9.76. The minimum Gasteiger partial charge on any atom is -0.455 e. The van der Waals surface area contributed by atoms with Crippen LogP contribution in [-0.2, 0) is 32.8 Å². The number of nitriles is 1. The van der Waals surface area contributed by atoms with E-state index in [9.17, 15) is 10.1 Å². The maximum atomic E-state index is 13.8. The molecule has 0 saturated carbocycles. The Balaban J connectivity index is 1.56. The number of hydrogen-bond acceptors (Lipinski definition) is 9. The topological polar surface area (TPSA) is 109 Å². The van der Waals surface area contributed by atoms with Gasteiger partial charge in [0.1, 0.15) is 11.7 Å². The Kier molecular flexibility index (Phi) is 12.2. The molecule has 280 valence electrons. The summed E-state index contributed by atoms with van der Waals surface area (Å²) in [6, 6.07) is 11.5. The Morgan fingerprint density at radius 3 is 2.12 bits per heavy atom. The number of hydrogen-bond donors (Lipinski definition) is 0. The van der Waals surface area contributed by atoms with E-state index in [1.165, 1.54) is 0 Å². The standard InChI is InChI=1S/C39H63NO8Si2/c1-25(2)50(26(3)4,27(5)6)48-34(19-20-40)38(7)35(45-36(41)28-15-13-12-14-16-28)21-31-33(46-38)23-39(37(47-39)49(9,10)11)22-32-30(44-31)18-17-29(43-32)24-42-8/h12-16,25-27,29-35,37H,17-19,21-24H2,1-11H3/t29-,30+,31-,32-,33+,34+,35+,37?,38-,39?/m0/s1. The van der Waals surface area contributed by atoms with E-state index < -0.39 is 40.2 Å². The minimum absolute atomic E-state index is 0.0165. The third-order valence-corrected chi connectivity index (χ3v) is 20.4. The third kappa shape index (κ3) is 7.84. The van der Waals surface area contributed by atoms with Crippen LogP contribution in [0, 0.1) is 11.3 Å². The predicted molar refractivity (Wildman–Crippen MR) is 198 cm³/mol. The lowest BCUT2D eigenvalue weighted by molar-refractivity contribution is -0.284. The molecule has 1 aromatic rings. The van der Waals surface area contributed by atoms with Gasteiger partial charge in [0.25, 0.3) is 0 Å². The summed E-state index contributed by atoms with van der Waals surface area (Å²) in [6.45, 7) is 23.1. The van der Waals surface area contributed by atoms with Crippen LogP contribution in [0.25, 0.3) is 0 Å². The highest BCUT2D eigenvalue weighted by Crippen LogP contribution is 2.55. The number of esters is 1. The van der Waals surface area contributed by atoms with E-state index in [0.29, 0.717) is 41.6 Å². The fraction of sp³-hybridized carbons (Fsp3) is 0.795. The zero-order valence-corrected chi connectivity index (χ0v) is 34.4. The summed E-state index contributed by atoms with van der Waals surface area (Å²) in [5.74, 6) is -0.424. The number of carbonyl (C=O) groups is 1. The molecule has 0 aromatic heterocycles. The van der Waals surface area contributed by atoms with Gasteiger partial charge in [0.05, 0.1) is 80.7 Å². The van der Waals surface area contributed by atoms with E-state index in [-0.39, 0.29) is 48.3 Å². The average Bonchev–Trinajstić information content (AvgIpc) is 3.76. The van der Waals surface area contributed by atoms with E-state index in [0.717, 1.165) is 19.3 Å². The first-order valence-electron chi connectivity index (χ1n) is 19.0. The SMILES string of the molecule is COC[C@@H]1CC[C@H]2O[C@H]3C[C@@H](OC(=O)c4ccccc4)[C@](C)([C@@H](CC#N)O[Si](C(C)C)(C(C)C)C(C)C)O[C@@H]3CC3(C[C@@H]2O1)OC3[Si](C)(C)C. The highest BCUT2D eigenvalue weighted by molar-refractivity contribution is 6.78. The van der Waals surface area contributed by atoms with Crippen LogP contribution in [0.5, 0.6) is 0 Å². The van der Waals surface area contributed by atoms with Crippen LogP contribution in [0.3, 0.4) is 0 Å². The van der Waals surface area contributed by atoms with Crippen molar-refractivity contribution in [1.29, 1.82) is 5.26 Å². The molecule has 9 nitrogen and oxygen atoms in total. The number of fused-ring (bicyclic) bond motifs is 2. The molecule has 4 saturated heterocycles. The van der Waals surface area contributed by atoms with Gasteiger partial charge in [-0.05, 0) is 48.5 Å². The number of ether oxygens (including phenoxy) is 6. The van der Waals surface area contributed by atoms with Crippen molar-refractivity contribution >= 4 is 22.4 Å². The van der Waals surface area contributed by atoms with Crippen LogP contribution in [0.2, 0.25) is 36.3 Å². The first kappa shape index (κ1) is 39.6. The molecule has 2 unspecified atom stereocenters. The summed E-state index contributed by atoms with van der Waals surface area (Å²) in [7, 11) is -2.49. The van der Waals surface area contributed by atoms with Crippen molar-refractivity contribution in [3.63, 3.8) is 0 Å². The summed E-state index contributed by atoms with van der Waals surface area (Å²) >= 11 is 0. The van der Waals surface area contributed by atoms with Gasteiger partial charge in [-0.15, -0.1) is 0 Å². The van der Waals surface area contributed by atoms with Gasteiger partial charge in [0, 0.05) is 26.4 Å². The lowest BCUT2D eigenvalue weighted by Gasteiger charge is -2.55. The normalized spacial score (nSPS) is 35.2. The van der Waals surface area contributed by atoms with Crippen molar-refractivity contribution in [2.45, 2.75) is 183 Å². The van der Waals surface area contributed by atoms with Gasteiger partial charge in [0.15, 0.2) is 0 Å². The van der Waals surface area contributed by atoms with Crippen LogP contribution >= 0.6 is 0 Å². The Hall–Kier alpha value is -1.63. The van der Waals surface area contributed by atoms with Crippen molar-refractivity contribution in [3.8, 4) is 6.07 Å². The number of carbonyl (C=O) groups excluding carboxylic acids is 1. The summed E-state index contributed by atoms with van der Waals surface area (Å²) in [4.78, 5) is 13.8. The first-order valence-corrected chi connectivity index (χ1v) is 24.7. The molecule has 1 spiro atoms. The van der Waals surface area contributed by atoms with E-state index in [4.69, 9.17) is 32.8 Å². The lowest BCUT2D eigenvalue weighted by Crippen LogP contribution is -2.66. The molecule has 1 aromatic carbocycles. The quantitative estimate of drug-likeness (QED) is 0.120. The predicted octanol–water partition coefficient (Wildman–Crippen LogP) is 7.99. The van der Waals surface area contributed by atoms with Crippen molar-refractivity contribution in [2.24, 2.45) is 0 Å². The molecular formula is C39H63NO8Si2. The van der Waals surface area contributed by atoms with Crippen LogP contribution in [0.4, 0.5) is 0 Å². The highest BCUT2D eigenvalue weighted by atomic mass is 28.4. The molecule has 4 heterocycles. The van der Waals surface area contributed by atoms with Gasteiger partial charge in [0.2, 0.25) is 8.32 Å². The molecule has 11 heteroatoms. The van der Waals surface area contributed by atoms with Crippen molar-refractivity contribution in [3.05, 3.63) is 35.9 Å². The smallest absolute Gasteiger partial charge is 0.338 e. The van der Waals surface area contributed by atoms with Gasteiger partial charge in [-0.25, -0.2) is 4.79 Å². The molecule has 0 radical (unpaired) electrons. The Morgan fingerprint density at radius 1 is 0.920 bits per heavy atom. The second kappa shape index (κ2) is 15.4. The zero-order valence-electron chi connectivity index (χ0n) is 32.4. The van der Waals surface area contributed by atoms with Crippen molar-refractivity contribution in [2.75, 3.05) is 13.7 Å². The number of rotatable bonds is 12. The van der Waals surface area contributed by atoms with Crippen LogP contribution < -0.4 is 0 Å². The molecular weight excluding hydrogens is 667 g/mol.